The first-order valence-electron chi connectivity index (χ1n) is 9.33. The zero-order valence-electron chi connectivity index (χ0n) is 16.3. The minimum atomic E-state index is -0.459. The van der Waals surface area contributed by atoms with Crippen LogP contribution in [0.2, 0.25) is 0 Å². The summed E-state index contributed by atoms with van der Waals surface area (Å²) in [5, 5.41) is 6.85. The molecule has 0 aromatic heterocycles. The van der Waals surface area contributed by atoms with Crippen LogP contribution < -0.4 is 10.6 Å². The molecule has 1 aliphatic carbocycles. The van der Waals surface area contributed by atoms with Gasteiger partial charge in [0.05, 0.1) is 5.54 Å². The van der Waals surface area contributed by atoms with Gasteiger partial charge in [0.1, 0.15) is 5.60 Å². The van der Waals surface area contributed by atoms with Crippen LogP contribution in [0.5, 0.6) is 0 Å². The van der Waals surface area contributed by atoms with Crippen molar-refractivity contribution in [2.45, 2.75) is 97.8 Å². The van der Waals surface area contributed by atoms with Crippen LogP contribution in [0, 0.1) is 11.8 Å². The summed E-state index contributed by atoms with van der Waals surface area (Å²) >= 11 is 0. The molecule has 0 radical (unpaired) electrons. The first-order chi connectivity index (χ1) is 10.6. The maximum atomic E-state index is 12.2. The Morgan fingerprint density at radius 3 is 2.00 bits per heavy atom. The minimum absolute atomic E-state index is 0.230. The van der Waals surface area contributed by atoms with Gasteiger partial charge in [0, 0.05) is 12.6 Å². The molecule has 2 N–H and O–H groups in total. The molecule has 4 nitrogen and oxygen atoms in total. The van der Waals surface area contributed by atoms with Crippen LogP contribution in [0.3, 0.4) is 0 Å². The average molecular weight is 327 g/mol. The number of rotatable bonds is 6. The van der Waals surface area contributed by atoms with Crippen LogP contribution in [0.15, 0.2) is 0 Å². The van der Waals surface area contributed by atoms with E-state index < -0.39 is 5.60 Å². The van der Waals surface area contributed by atoms with Gasteiger partial charge in [0.15, 0.2) is 0 Å². The molecule has 1 rings (SSSR count). The number of ether oxygens (including phenoxy) is 1. The van der Waals surface area contributed by atoms with Crippen LogP contribution in [0.4, 0.5) is 4.79 Å². The van der Waals surface area contributed by atoms with Crippen LogP contribution in [-0.4, -0.2) is 29.8 Å². The number of amides is 1. The SMILES string of the molecule is CCC(CC)(CNC1CC(C)CC(C)C1)NC(=O)OC(C)(C)C. The Labute approximate surface area is 143 Å². The second-order valence-corrected chi connectivity index (χ2v) is 8.61. The Morgan fingerprint density at radius 2 is 1.57 bits per heavy atom. The molecule has 136 valence electrons. The summed E-state index contributed by atoms with van der Waals surface area (Å²) in [5.74, 6) is 1.57. The fraction of sp³-hybridized carbons (Fsp3) is 0.947. The van der Waals surface area contributed by atoms with E-state index in [1.54, 1.807) is 0 Å². The van der Waals surface area contributed by atoms with Crippen molar-refractivity contribution in [1.82, 2.24) is 10.6 Å². The van der Waals surface area contributed by atoms with Crippen molar-refractivity contribution in [3.05, 3.63) is 0 Å². The number of carbonyl (C=O) groups is 1. The van der Waals surface area contributed by atoms with Gasteiger partial charge in [-0.05, 0) is 64.7 Å². The van der Waals surface area contributed by atoms with E-state index in [9.17, 15) is 4.79 Å². The van der Waals surface area contributed by atoms with Gasteiger partial charge in [-0.3, -0.25) is 0 Å². The van der Waals surface area contributed by atoms with E-state index in [-0.39, 0.29) is 11.6 Å². The Balaban J connectivity index is 2.60. The van der Waals surface area contributed by atoms with Gasteiger partial charge in [-0.2, -0.15) is 0 Å². The summed E-state index contributed by atoms with van der Waals surface area (Å²) in [4.78, 5) is 12.2. The van der Waals surface area contributed by atoms with Crippen molar-refractivity contribution in [3.63, 3.8) is 0 Å². The van der Waals surface area contributed by atoms with Gasteiger partial charge in [-0.15, -0.1) is 0 Å². The van der Waals surface area contributed by atoms with Gasteiger partial charge in [0.25, 0.3) is 0 Å². The molecule has 0 heterocycles. The maximum Gasteiger partial charge on any atom is 0.408 e. The number of hydrogen-bond acceptors (Lipinski definition) is 3. The molecule has 0 aromatic carbocycles. The van der Waals surface area contributed by atoms with Gasteiger partial charge >= 0.3 is 6.09 Å². The largest absolute Gasteiger partial charge is 0.444 e. The summed E-state index contributed by atoms with van der Waals surface area (Å²) in [6.07, 6.45) is 5.29. The molecular weight excluding hydrogens is 288 g/mol. The van der Waals surface area contributed by atoms with Crippen molar-refractivity contribution in [3.8, 4) is 0 Å². The molecule has 23 heavy (non-hydrogen) atoms. The highest BCUT2D eigenvalue weighted by Crippen LogP contribution is 2.29. The lowest BCUT2D eigenvalue weighted by Gasteiger charge is -2.38. The summed E-state index contributed by atoms with van der Waals surface area (Å²) in [5.41, 5.74) is -0.689. The van der Waals surface area contributed by atoms with E-state index in [1.165, 1.54) is 19.3 Å². The lowest BCUT2D eigenvalue weighted by molar-refractivity contribution is 0.0441. The van der Waals surface area contributed by atoms with E-state index in [1.807, 2.05) is 20.8 Å². The van der Waals surface area contributed by atoms with Crippen molar-refractivity contribution in [1.29, 1.82) is 0 Å². The third kappa shape index (κ3) is 7.11. The van der Waals surface area contributed by atoms with E-state index in [0.717, 1.165) is 31.2 Å². The summed E-state index contributed by atoms with van der Waals surface area (Å²) < 4.78 is 5.45. The van der Waals surface area contributed by atoms with E-state index in [0.29, 0.717) is 6.04 Å². The molecule has 4 heteroatoms. The molecule has 0 spiro atoms. The molecular formula is C19H38N2O2. The molecule has 2 atom stereocenters. The third-order valence-electron chi connectivity index (χ3n) is 5.03. The Hall–Kier alpha value is -0.770. The summed E-state index contributed by atoms with van der Waals surface area (Å²) in [6, 6.07) is 0.562. The first-order valence-corrected chi connectivity index (χ1v) is 9.33. The van der Waals surface area contributed by atoms with E-state index >= 15 is 0 Å². The molecule has 0 saturated heterocycles. The molecule has 1 fully saturated rings. The molecule has 1 amide bonds. The van der Waals surface area contributed by atoms with E-state index in [4.69, 9.17) is 4.74 Å². The van der Waals surface area contributed by atoms with Crippen LogP contribution >= 0.6 is 0 Å². The molecule has 0 aliphatic heterocycles. The fourth-order valence-corrected chi connectivity index (χ4v) is 3.69. The highest BCUT2D eigenvalue weighted by molar-refractivity contribution is 5.68. The maximum absolute atomic E-state index is 12.2. The van der Waals surface area contributed by atoms with Gasteiger partial charge < -0.3 is 15.4 Å². The number of carbonyl (C=O) groups excluding carboxylic acids is 1. The molecule has 1 aliphatic rings. The fourth-order valence-electron chi connectivity index (χ4n) is 3.69. The Kier molecular flexibility index (Phi) is 7.37. The number of nitrogens with one attached hydrogen (secondary N) is 2. The highest BCUT2D eigenvalue weighted by Gasteiger charge is 2.32. The predicted molar refractivity (Wildman–Crippen MR) is 96.7 cm³/mol. The van der Waals surface area contributed by atoms with Crippen molar-refractivity contribution in [2.75, 3.05) is 6.54 Å². The average Bonchev–Trinajstić information content (AvgIpc) is 2.40. The zero-order valence-corrected chi connectivity index (χ0v) is 16.3. The number of alkyl carbamates (subject to hydrolysis) is 1. The van der Waals surface area contributed by atoms with Gasteiger partial charge in [-0.1, -0.05) is 27.7 Å². The van der Waals surface area contributed by atoms with Gasteiger partial charge in [0.2, 0.25) is 0 Å². The normalized spacial score (nSPS) is 26.0. The van der Waals surface area contributed by atoms with Crippen molar-refractivity contribution in [2.24, 2.45) is 11.8 Å². The lowest BCUT2D eigenvalue weighted by Crippen LogP contribution is -2.56. The molecule has 2 unspecified atom stereocenters. The molecule has 0 bridgehead atoms. The second kappa shape index (κ2) is 8.36. The second-order valence-electron chi connectivity index (χ2n) is 8.61. The predicted octanol–water partition coefficient (Wildman–Crippen LogP) is 4.48. The molecule has 1 saturated carbocycles. The summed E-state index contributed by atoms with van der Waals surface area (Å²) in [6.45, 7) is 15.5. The van der Waals surface area contributed by atoms with Gasteiger partial charge in [-0.25, -0.2) is 4.79 Å². The smallest absolute Gasteiger partial charge is 0.408 e. The van der Waals surface area contributed by atoms with Crippen LogP contribution in [0.1, 0.15) is 80.6 Å². The van der Waals surface area contributed by atoms with Crippen molar-refractivity contribution >= 4 is 6.09 Å². The first kappa shape index (κ1) is 20.3. The monoisotopic (exact) mass is 326 g/mol. The zero-order chi connectivity index (χ0) is 17.7. The Bertz CT molecular complexity index is 362. The standard InChI is InChI=1S/C19H38N2O2/c1-8-19(9-2,21-17(22)23-18(5,6)7)13-20-16-11-14(3)10-15(4)12-16/h14-16,20H,8-13H2,1-7H3,(H,21,22). The Morgan fingerprint density at radius 1 is 1.04 bits per heavy atom. The topological polar surface area (TPSA) is 50.4 Å². The van der Waals surface area contributed by atoms with Crippen molar-refractivity contribution < 1.29 is 9.53 Å². The van der Waals surface area contributed by atoms with Crippen LogP contribution in [0.25, 0.3) is 0 Å². The quantitative estimate of drug-likeness (QED) is 0.756. The molecule has 0 aromatic rings. The number of hydrogen-bond donors (Lipinski definition) is 2. The van der Waals surface area contributed by atoms with E-state index in [2.05, 4.69) is 38.3 Å². The minimum Gasteiger partial charge on any atom is -0.444 e. The highest BCUT2D eigenvalue weighted by atomic mass is 16.6. The summed E-state index contributed by atoms with van der Waals surface area (Å²) in [7, 11) is 0. The van der Waals surface area contributed by atoms with Crippen LogP contribution in [-0.2, 0) is 4.74 Å². The third-order valence-corrected chi connectivity index (χ3v) is 5.03. The lowest BCUT2D eigenvalue weighted by atomic mass is 9.80.